The molecule has 0 unspecified atom stereocenters. The average molecular weight is 219 g/mol. The van der Waals surface area contributed by atoms with Crippen molar-refractivity contribution in [1.29, 1.82) is 0 Å². The van der Waals surface area contributed by atoms with Gasteiger partial charge in [-0.05, 0) is 18.6 Å². The zero-order valence-electron chi connectivity index (χ0n) is 8.59. The van der Waals surface area contributed by atoms with E-state index in [1.807, 2.05) is 0 Å². The summed E-state index contributed by atoms with van der Waals surface area (Å²) in [5.41, 5.74) is 0.422. The minimum Gasteiger partial charge on any atom is -0.494 e. The molecule has 1 saturated heterocycles. The van der Waals surface area contributed by atoms with Crippen molar-refractivity contribution < 1.29 is 18.9 Å². The monoisotopic (exact) mass is 219 g/mol. The third-order valence-corrected chi connectivity index (χ3v) is 2.17. The van der Waals surface area contributed by atoms with Gasteiger partial charge in [0.05, 0.1) is 0 Å². The molecule has 2 rings (SSSR count). The molecule has 0 radical (unpaired) electrons. The first-order valence-corrected chi connectivity index (χ1v) is 5.05. The van der Waals surface area contributed by atoms with Gasteiger partial charge in [0.2, 0.25) is 0 Å². The molecule has 0 spiro atoms. The third-order valence-electron chi connectivity index (χ3n) is 2.17. The fraction of sp³-hybridized carbons (Fsp3) is 0.300. The predicted octanol–water partition coefficient (Wildman–Crippen LogP) is 0.0471. The van der Waals surface area contributed by atoms with Gasteiger partial charge >= 0.3 is 7.12 Å². The molecule has 0 aliphatic carbocycles. The highest BCUT2D eigenvalue weighted by Gasteiger charge is 2.33. The van der Waals surface area contributed by atoms with E-state index in [-0.39, 0.29) is 24.8 Å². The van der Waals surface area contributed by atoms with E-state index in [0.717, 1.165) is 0 Å². The van der Waals surface area contributed by atoms with Gasteiger partial charge in [0.25, 0.3) is 11.9 Å². The molecular weight excluding hydrogens is 209 g/mol. The Balaban J connectivity index is 2.16. The van der Waals surface area contributed by atoms with Gasteiger partial charge in [-0.15, -0.1) is 0 Å². The number of hydrogen-bond acceptors (Lipinski definition) is 5. The molecule has 5 nitrogen and oxygen atoms in total. The van der Waals surface area contributed by atoms with Crippen LogP contribution in [0.4, 0.5) is 0 Å². The Hall–Kier alpha value is -1.85. The van der Waals surface area contributed by atoms with Crippen LogP contribution in [0.15, 0.2) is 24.4 Å². The summed E-state index contributed by atoms with van der Waals surface area (Å²) in [7, 11) is -1.01. The maximum atomic E-state index is 11.3. The first kappa shape index (κ1) is 10.7. The molecule has 1 aliphatic heterocycles. The molecule has 1 aromatic rings. The Morgan fingerprint density at radius 1 is 1.12 bits per heavy atom. The molecule has 0 saturated carbocycles. The molecule has 82 valence electrons. The predicted molar refractivity (Wildman–Crippen MR) is 55.7 cm³/mol. The van der Waals surface area contributed by atoms with Gasteiger partial charge in [-0.25, -0.2) is 0 Å². The molecule has 1 fully saturated rings. The van der Waals surface area contributed by atoms with Crippen LogP contribution in [0.3, 0.4) is 0 Å². The smallest absolute Gasteiger partial charge is 0.494 e. The van der Waals surface area contributed by atoms with E-state index in [1.165, 1.54) is 0 Å². The summed E-state index contributed by atoms with van der Waals surface area (Å²) in [6, 6.07) is 5.12. The molecule has 1 aromatic heterocycles. The lowest BCUT2D eigenvalue weighted by Gasteiger charge is -2.16. The van der Waals surface area contributed by atoms with Crippen LogP contribution in [0.1, 0.15) is 19.3 Å². The van der Waals surface area contributed by atoms with E-state index in [0.29, 0.717) is 12.0 Å². The topological polar surface area (TPSA) is 65.5 Å². The number of nitrogens with zero attached hydrogens (tertiary/aromatic N) is 1. The second kappa shape index (κ2) is 4.78. The largest absolute Gasteiger partial charge is 0.656 e. The van der Waals surface area contributed by atoms with Crippen molar-refractivity contribution in [3.63, 3.8) is 0 Å². The summed E-state index contributed by atoms with van der Waals surface area (Å²) in [4.78, 5) is 26.6. The van der Waals surface area contributed by atoms with Gasteiger partial charge in [0.15, 0.2) is 0 Å². The number of rotatable bonds is 1. The minimum atomic E-state index is -1.01. The summed E-state index contributed by atoms with van der Waals surface area (Å²) in [6.07, 6.45) is 2.49. The fourth-order valence-corrected chi connectivity index (χ4v) is 1.39. The van der Waals surface area contributed by atoms with Crippen LogP contribution in [-0.4, -0.2) is 24.0 Å². The average Bonchev–Trinajstić information content (AvgIpc) is 2.27. The fourth-order valence-electron chi connectivity index (χ4n) is 1.39. The molecule has 6 heteroatoms. The highest BCUT2D eigenvalue weighted by Crippen LogP contribution is 2.06. The number of carbonyl (C=O) groups excluding carboxylic acids is 2. The van der Waals surface area contributed by atoms with Crippen molar-refractivity contribution in [3.05, 3.63) is 24.4 Å². The van der Waals surface area contributed by atoms with Gasteiger partial charge in [-0.3, -0.25) is 14.6 Å². The van der Waals surface area contributed by atoms with E-state index < -0.39 is 7.12 Å². The molecule has 0 bridgehead atoms. The lowest BCUT2D eigenvalue weighted by atomic mass is 9.83. The summed E-state index contributed by atoms with van der Waals surface area (Å²) in [6.45, 7) is 0. The SMILES string of the molecule is O=C1CCCC(=O)OB(c2ccccn2)O1. The van der Waals surface area contributed by atoms with Crippen molar-refractivity contribution in [1.82, 2.24) is 4.98 Å². The van der Waals surface area contributed by atoms with Gasteiger partial charge in [0.1, 0.15) is 5.59 Å². The lowest BCUT2D eigenvalue weighted by Crippen LogP contribution is -2.43. The molecule has 16 heavy (non-hydrogen) atoms. The van der Waals surface area contributed by atoms with Crippen LogP contribution in [0.25, 0.3) is 0 Å². The van der Waals surface area contributed by atoms with E-state index in [1.54, 1.807) is 24.4 Å². The van der Waals surface area contributed by atoms with Crippen LogP contribution in [-0.2, 0) is 18.9 Å². The van der Waals surface area contributed by atoms with Crippen LogP contribution >= 0.6 is 0 Å². The van der Waals surface area contributed by atoms with E-state index in [2.05, 4.69) is 4.98 Å². The Morgan fingerprint density at radius 2 is 1.81 bits per heavy atom. The summed E-state index contributed by atoms with van der Waals surface area (Å²) < 4.78 is 10.0. The Morgan fingerprint density at radius 3 is 2.38 bits per heavy atom. The summed E-state index contributed by atoms with van der Waals surface area (Å²) in [5.74, 6) is -0.744. The number of aromatic nitrogens is 1. The standard InChI is InChI=1S/C10H10BNO4/c13-9-5-3-6-10(14)16-11(15-9)8-4-1-2-7-12-8/h1-2,4,7H,3,5-6H2. The zero-order valence-corrected chi connectivity index (χ0v) is 8.59. The van der Waals surface area contributed by atoms with Gasteiger partial charge in [0, 0.05) is 19.0 Å². The number of hydrogen-bond donors (Lipinski definition) is 0. The number of carbonyl (C=O) groups is 2. The Labute approximate surface area is 92.9 Å². The highest BCUT2D eigenvalue weighted by atomic mass is 16.6. The van der Waals surface area contributed by atoms with Gasteiger partial charge in [-0.1, -0.05) is 6.07 Å². The van der Waals surface area contributed by atoms with Crippen molar-refractivity contribution in [3.8, 4) is 0 Å². The zero-order chi connectivity index (χ0) is 11.4. The maximum absolute atomic E-state index is 11.3. The molecule has 2 heterocycles. The van der Waals surface area contributed by atoms with E-state index >= 15 is 0 Å². The normalized spacial score (nSPS) is 17.1. The van der Waals surface area contributed by atoms with Gasteiger partial charge in [-0.2, -0.15) is 0 Å². The maximum Gasteiger partial charge on any atom is 0.656 e. The third kappa shape index (κ3) is 2.59. The molecule has 1 aliphatic rings. The van der Waals surface area contributed by atoms with Crippen LogP contribution < -0.4 is 5.59 Å². The van der Waals surface area contributed by atoms with Crippen LogP contribution in [0.2, 0.25) is 0 Å². The molecule has 0 aromatic carbocycles. The van der Waals surface area contributed by atoms with Crippen molar-refractivity contribution in [2.45, 2.75) is 19.3 Å². The van der Waals surface area contributed by atoms with Crippen molar-refractivity contribution in [2.75, 3.05) is 0 Å². The molecular formula is C10H10BNO4. The lowest BCUT2D eigenvalue weighted by molar-refractivity contribution is -0.142. The molecule has 0 amide bonds. The van der Waals surface area contributed by atoms with E-state index in [9.17, 15) is 9.59 Å². The van der Waals surface area contributed by atoms with Crippen LogP contribution in [0, 0.1) is 0 Å². The quantitative estimate of drug-likeness (QED) is 0.624. The van der Waals surface area contributed by atoms with Crippen LogP contribution in [0.5, 0.6) is 0 Å². The first-order chi connectivity index (χ1) is 7.75. The molecule has 0 N–H and O–H groups in total. The van der Waals surface area contributed by atoms with Crippen molar-refractivity contribution >= 4 is 24.7 Å². The van der Waals surface area contributed by atoms with Gasteiger partial charge < -0.3 is 9.31 Å². The highest BCUT2D eigenvalue weighted by molar-refractivity contribution is 6.63. The summed E-state index contributed by atoms with van der Waals surface area (Å²) in [5, 5.41) is 0. The second-order valence-corrected chi connectivity index (χ2v) is 3.42. The van der Waals surface area contributed by atoms with Crippen molar-refractivity contribution in [2.24, 2.45) is 0 Å². The second-order valence-electron chi connectivity index (χ2n) is 3.42. The number of pyridine rings is 1. The minimum absolute atomic E-state index is 0.235. The first-order valence-electron chi connectivity index (χ1n) is 5.05. The summed E-state index contributed by atoms with van der Waals surface area (Å²) >= 11 is 0. The molecule has 0 atom stereocenters. The Bertz CT molecular complexity index is 377. The Kier molecular flexibility index (Phi) is 3.19. The van der Waals surface area contributed by atoms with E-state index in [4.69, 9.17) is 9.31 Å².